The summed E-state index contributed by atoms with van der Waals surface area (Å²) in [5.74, 6) is -0.136. The van der Waals surface area contributed by atoms with Gasteiger partial charge in [0.2, 0.25) is 0 Å². The van der Waals surface area contributed by atoms with Gasteiger partial charge >= 0.3 is 0 Å². The number of aromatic nitrogens is 1. The fraction of sp³-hybridized carbons (Fsp3) is 0.462. The van der Waals surface area contributed by atoms with Gasteiger partial charge in [0, 0.05) is 42.0 Å². The Bertz CT molecular complexity index is 691. The third kappa shape index (κ3) is 3.06. The minimum Gasteiger partial charge on any atom is -0.772 e. The Labute approximate surface area is 129 Å². The summed E-state index contributed by atoms with van der Waals surface area (Å²) in [7, 11) is 0. The zero-order valence-corrected chi connectivity index (χ0v) is 13.0. The Balaban J connectivity index is 2.04. The average Bonchev–Trinajstić information content (AvgIpc) is 2.82. The number of oxazole rings is 1. The first kappa shape index (κ1) is 14.8. The van der Waals surface area contributed by atoms with E-state index >= 15 is 0 Å². The molecule has 3 rings (SSSR count). The molecule has 1 aliphatic rings. The van der Waals surface area contributed by atoms with Gasteiger partial charge in [0.1, 0.15) is 5.52 Å². The molecule has 0 saturated carbocycles. The van der Waals surface area contributed by atoms with Crippen molar-refractivity contribution in [3.8, 4) is 0 Å². The maximum absolute atomic E-state index is 11.0. The summed E-state index contributed by atoms with van der Waals surface area (Å²) in [6, 6.07) is 4.07. The van der Waals surface area contributed by atoms with Crippen molar-refractivity contribution in [2.75, 3.05) is 24.5 Å². The van der Waals surface area contributed by atoms with Gasteiger partial charge in [-0.3, -0.25) is 4.21 Å². The Morgan fingerprint density at radius 1 is 1.62 bits per heavy atom. The van der Waals surface area contributed by atoms with Crippen LogP contribution in [0.4, 0.5) is 6.01 Å². The quantitative estimate of drug-likeness (QED) is 0.863. The number of halogens is 1. The monoisotopic (exact) mass is 328 g/mol. The number of hydrogen-bond acceptors (Lipinski definition) is 6. The van der Waals surface area contributed by atoms with E-state index in [4.69, 9.17) is 16.0 Å². The van der Waals surface area contributed by atoms with E-state index in [-0.39, 0.29) is 11.8 Å². The summed E-state index contributed by atoms with van der Waals surface area (Å²) in [6.45, 7) is 4.60. The predicted octanol–water partition coefficient (Wildman–Crippen LogP) is 1.66. The lowest BCUT2D eigenvalue weighted by Gasteiger charge is -2.32. The van der Waals surface area contributed by atoms with Crippen molar-refractivity contribution in [1.29, 1.82) is 0 Å². The molecule has 0 bridgehead atoms. The highest BCUT2D eigenvalue weighted by Crippen LogP contribution is 2.30. The van der Waals surface area contributed by atoms with Crippen LogP contribution in [0.2, 0.25) is 5.02 Å². The SMILES string of the molecule is C[C@H]1CNCCN1c1nc2cc(Cl)cc(CS(=O)[O-])c2o1. The van der Waals surface area contributed by atoms with Gasteiger partial charge in [-0.2, -0.15) is 4.98 Å². The first-order valence-electron chi connectivity index (χ1n) is 6.67. The lowest BCUT2D eigenvalue weighted by molar-refractivity contribution is 0.455. The third-order valence-electron chi connectivity index (χ3n) is 3.54. The summed E-state index contributed by atoms with van der Waals surface area (Å²) in [5.41, 5.74) is 1.61. The van der Waals surface area contributed by atoms with E-state index in [1.54, 1.807) is 12.1 Å². The van der Waals surface area contributed by atoms with Crippen molar-refractivity contribution in [1.82, 2.24) is 10.3 Å². The highest BCUT2D eigenvalue weighted by Gasteiger charge is 2.23. The first-order valence-corrected chi connectivity index (χ1v) is 8.29. The van der Waals surface area contributed by atoms with Crippen LogP contribution in [0.15, 0.2) is 16.5 Å². The number of nitrogens with zero attached hydrogens (tertiary/aromatic N) is 2. The summed E-state index contributed by atoms with van der Waals surface area (Å²) in [6.07, 6.45) is 0. The number of benzene rings is 1. The summed E-state index contributed by atoms with van der Waals surface area (Å²) < 4.78 is 27.7. The maximum Gasteiger partial charge on any atom is 0.298 e. The van der Waals surface area contributed by atoms with Crippen molar-refractivity contribution in [2.24, 2.45) is 0 Å². The van der Waals surface area contributed by atoms with Crippen molar-refractivity contribution in [3.63, 3.8) is 0 Å². The molecule has 8 heteroatoms. The van der Waals surface area contributed by atoms with E-state index in [9.17, 15) is 8.76 Å². The summed E-state index contributed by atoms with van der Waals surface area (Å²) >= 11 is 3.82. The van der Waals surface area contributed by atoms with Crippen LogP contribution in [-0.4, -0.2) is 39.4 Å². The van der Waals surface area contributed by atoms with Gasteiger partial charge in [0.05, 0.1) is 0 Å². The molecule has 1 fully saturated rings. The second kappa shape index (κ2) is 5.92. The van der Waals surface area contributed by atoms with Crippen LogP contribution in [0, 0.1) is 0 Å². The molecule has 114 valence electrons. The third-order valence-corrected chi connectivity index (χ3v) is 4.31. The lowest BCUT2D eigenvalue weighted by Crippen LogP contribution is -2.50. The van der Waals surface area contributed by atoms with Crippen LogP contribution < -0.4 is 10.2 Å². The maximum atomic E-state index is 11.0. The molecule has 1 N–H and O–H groups in total. The van der Waals surface area contributed by atoms with E-state index in [2.05, 4.69) is 22.1 Å². The number of nitrogens with one attached hydrogen (secondary N) is 1. The molecule has 1 saturated heterocycles. The second-order valence-corrected chi connectivity index (χ2v) is 6.44. The van der Waals surface area contributed by atoms with E-state index in [0.717, 1.165) is 19.6 Å². The van der Waals surface area contributed by atoms with Gasteiger partial charge in [-0.15, -0.1) is 0 Å². The first-order chi connectivity index (χ1) is 10.0. The number of hydrogen-bond donors (Lipinski definition) is 1. The number of piperazine rings is 1. The molecule has 1 aliphatic heterocycles. The molecule has 2 heterocycles. The zero-order valence-electron chi connectivity index (χ0n) is 11.5. The molecular formula is C13H15ClN3O3S-. The molecule has 0 aliphatic carbocycles. The van der Waals surface area contributed by atoms with Gasteiger partial charge in [0.25, 0.3) is 6.01 Å². The molecule has 21 heavy (non-hydrogen) atoms. The van der Waals surface area contributed by atoms with Crippen LogP contribution in [0.5, 0.6) is 0 Å². The minimum atomic E-state index is -2.20. The Morgan fingerprint density at radius 3 is 3.14 bits per heavy atom. The Kier molecular flexibility index (Phi) is 4.17. The molecular weight excluding hydrogens is 314 g/mol. The largest absolute Gasteiger partial charge is 0.772 e. The standard InChI is InChI=1S/C13H16ClN3O3S/c1-8-6-15-2-3-17(8)13-16-11-5-10(14)4-9(7-21(18)19)12(11)20-13/h4-5,8,15H,2-3,6-7H2,1H3,(H,18,19)/p-1/t8-/m0/s1. The molecule has 1 aromatic heterocycles. The van der Waals surface area contributed by atoms with E-state index in [1.165, 1.54) is 0 Å². The highest BCUT2D eigenvalue weighted by atomic mass is 35.5. The molecule has 0 spiro atoms. The van der Waals surface area contributed by atoms with Crippen LogP contribution in [0.25, 0.3) is 11.1 Å². The van der Waals surface area contributed by atoms with Crippen LogP contribution in [0.1, 0.15) is 12.5 Å². The van der Waals surface area contributed by atoms with Crippen molar-refractivity contribution < 1.29 is 13.2 Å². The number of rotatable bonds is 3. The van der Waals surface area contributed by atoms with Gasteiger partial charge in [-0.25, -0.2) is 0 Å². The minimum absolute atomic E-state index is 0.136. The topological polar surface area (TPSA) is 81.4 Å². The lowest BCUT2D eigenvalue weighted by atomic mass is 10.2. The van der Waals surface area contributed by atoms with E-state index in [0.29, 0.717) is 27.7 Å². The number of fused-ring (bicyclic) bond motifs is 1. The van der Waals surface area contributed by atoms with Gasteiger partial charge < -0.3 is 19.2 Å². The zero-order chi connectivity index (χ0) is 15.0. The predicted molar refractivity (Wildman–Crippen MR) is 81.3 cm³/mol. The molecule has 0 amide bonds. The molecule has 2 atom stereocenters. The summed E-state index contributed by atoms with van der Waals surface area (Å²) in [5, 5.41) is 3.76. The van der Waals surface area contributed by atoms with Crippen molar-refractivity contribution in [3.05, 3.63) is 22.7 Å². The average molecular weight is 329 g/mol. The van der Waals surface area contributed by atoms with E-state index in [1.807, 2.05) is 0 Å². The van der Waals surface area contributed by atoms with Gasteiger partial charge in [0.15, 0.2) is 5.58 Å². The fourth-order valence-corrected chi connectivity index (χ4v) is 3.24. The van der Waals surface area contributed by atoms with Crippen LogP contribution >= 0.6 is 11.6 Å². The fourth-order valence-electron chi connectivity index (χ4n) is 2.53. The normalized spacial score (nSPS) is 20.9. The molecule has 1 unspecified atom stereocenters. The van der Waals surface area contributed by atoms with Crippen LogP contribution in [0.3, 0.4) is 0 Å². The molecule has 0 radical (unpaired) electrons. The summed E-state index contributed by atoms with van der Waals surface area (Å²) in [4.78, 5) is 6.53. The molecule has 6 nitrogen and oxygen atoms in total. The van der Waals surface area contributed by atoms with Gasteiger partial charge in [-0.1, -0.05) is 22.7 Å². The van der Waals surface area contributed by atoms with E-state index < -0.39 is 11.1 Å². The molecule has 2 aromatic rings. The smallest absolute Gasteiger partial charge is 0.298 e. The van der Waals surface area contributed by atoms with Crippen molar-refractivity contribution in [2.45, 2.75) is 18.7 Å². The Morgan fingerprint density at radius 2 is 2.43 bits per heavy atom. The number of anilines is 1. The van der Waals surface area contributed by atoms with Crippen LogP contribution in [-0.2, 0) is 16.8 Å². The molecule has 1 aromatic carbocycles. The highest BCUT2D eigenvalue weighted by molar-refractivity contribution is 7.78. The van der Waals surface area contributed by atoms with Crippen molar-refractivity contribution >= 4 is 39.8 Å². The second-order valence-electron chi connectivity index (χ2n) is 5.10. The Hall–Kier alpha value is -1.15. The van der Waals surface area contributed by atoms with Gasteiger partial charge in [-0.05, 0) is 19.1 Å².